The average Bonchev–Trinajstić information content (AvgIpc) is 3.27. The van der Waals surface area contributed by atoms with E-state index in [9.17, 15) is 10.1 Å². The highest BCUT2D eigenvalue weighted by molar-refractivity contribution is 7.13. The molecule has 4 rings (SSSR count). The molecule has 0 saturated carbocycles. The number of benzene rings is 2. The highest BCUT2D eigenvalue weighted by atomic mass is 32.1. The second-order valence-corrected chi connectivity index (χ2v) is 7.65. The van der Waals surface area contributed by atoms with Crippen LogP contribution in [0.1, 0.15) is 35.1 Å². The number of nitrogens with one attached hydrogen (secondary N) is 1. The summed E-state index contributed by atoms with van der Waals surface area (Å²) in [6.07, 6.45) is 2.31. The number of carbonyl (C=O) groups excluding carboxylic acids is 1. The van der Waals surface area contributed by atoms with E-state index < -0.39 is 5.41 Å². The van der Waals surface area contributed by atoms with Crippen LogP contribution in [0.25, 0.3) is 0 Å². The van der Waals surface area contributed by atoms with Crippen molar-refractivity contribution in [1.82, 2.24) is 4.98 Å². The molecule has 26 heavy (non-hydrogen) atoms. The number of hydrogen-bond acceptors (Lipinski definition) is 4. The van der Waals surface area contributed by atoms with E-state index in [1.807, 2.05) is 60.8 Å². The molecule has 0 aliphatic heterocycles. The van der Waals surface area contributed by atoms with Gasteiger partial charge in [0.2, 0.25) is 5.91 Å². The number of amides is 1. The van der Waals surface area contributed by atoms with Crippen LogP contribution in [0.2, 0.25) is 0 Å². The fraction of sp³-hybridized carbons (Fsp3) is 0.190. The molecule has 0 fully saturated rings. The Morgan fingerprint density at radius 1 is 1.31 bits per heavy atom. The van der Waals surface area contributed by atoms with E-state index in [0.717, 1.165) is 16.7 Å². The highest BCUT2D eigenvalue weighted by Gasteiger charge is 2.48. The van der Waals surface area contributed by atoms with Crippen LogP contribution in [-0.2, 0) is 11.2 Å². The fourth-order valence-corrected chi connectivity index (χ4v) is 4.39. The fourth-order valence-electron chi connectivity index (χ4n) is 3.86. The van der Waals surface area contributed by atoms with Gasteiger partial charge in [0.15, 0.2) is 5.13 Å². The Kier molecular flexibility index (Phi) is 4.06. The van der Waals surface area contributed by atoms with Crippen molar-refractivity contribution in [2.75, 3.05) is 5.32 Å². The molecule has 0 saturated heterocycles. The first kappa shape index (κ1) is 16.5. The number of carbonyl (C=O) groups is 1. The third-order valence-electron chi connectivity index (χ3n) is 5.09. The van der Waals surface area contributed by atoms with Crippen LogP contribution in [0, 0.1) is 16.7 Å². The van der Waals surface area contributed by atoms with E-state index in [1.54, 1.807) is 6.20 Å². The summed E-state index contributed by atoms with van der Waals surface area (Å²) in [6.45, 7) is 2.00. The van der Waals surface area contributed by atoms with Gasteiger partial charge in [-0.1, -0.05) is 36.4 Å². The van der Waals surface area contributed by atoms with Crippen LogP contribution in [0.15, 0.2) is 60.1 Å². The summed E-state index contributed by atoms with van der Waals surface area (Å²) < 4.78 is 0. The van der Waals surface area contributed by atoms with Gasteiger partial charge in [0.1, 0.15) is 0 Å². The summed E-state index contributed by atoms with van der Waals surface area (Å²) >= 11 is 1.41. The molecule has 2 atom stereocenters. The van der Waals surface area contributed by atoms with Crippen LogP contribution in [-0.4, -0.2) is 10.9 Å². The maximum Gasteiger partial charge on any atom is 0.233 e. The Balaban J connectivity index is 1.81. The van der Waals surface area contributed by atoms with Crippen molar-refractivity contribution in [2.24, 2.45) is 5.41 Å². The van der Waals surface area contributed by atoms with Crippen LogP contribution >= 0.6 is 11.3 Å². The molecule has 1 N–H and O–H groups in total. The predicted molar refractivity (Wildman–Crippen MR) is 102 cm³/mol. The van der Waals surface area contributed by atoms with E-state index in [0.29, 0.717) is 17.1 Å². The SMILES string of the molecule is C[C@]1(C(=O)Nc2nccs2)Cc2ccc(C#N)cc2[C@H]1c1ccccc1. The van der Waals surface area contributed by atoms with Gasteiger partial charge in [-0.15, -0.1) is 11.3 Å². The Bertz CT molecular complexity index is 992. The summed E-state index contributed by atoms with van der Waals surface area (Å²) in [4.78, 5) is 17.4. The lowest BCUT2D eigenvalue weighted by Gasteiger charge is -2.31. The number of thiazole rings is 1. The van der Waals surface area contributed by atoms with Crippen molar-refractivity contribution < 1.29 is 4.79 Å². The second-order valence-electron chi connectivity index (χ2n) is 6.75. The van der Waals surface area contributed by atoms with Gasteiger partial charge < -0.3 is 5.32 Å². The van der Waals surface area contributed by atoms with Gasteiger partial charge in [0.25, 0.3) is 0 Å². The van der Waals surface area contributed by atoms with E-state index in [1.165, 1.54) is 11.3 Å². The van der Waals surface area contributed by atoms with Crippen LogP contribution in [0.4, 0.5) is 5.13 Å². The number of aromatic nitrogens is 1. The number of rotatable bonds is 3. The molecular formula is C21H17N3OS. The molecule has 128 valence electrons. The summed E-state index contributed by atoms with van der Waals surface area (Å²) in [5, 5.41) is 14.7. The zero-order valence-electron chi connectivity index (χ0n) is 14.3. The molecule has 3 aromatic rings. The Morgan fingerprint density at radius 2 is 2.12 bits per heavy atom. The van der Waals surface area contributed by atoms with E-state index in [-0.39, 0.29) is 11.8 Å². The summed E-state index contributed by atoms with van der Waals surface area (Å²) in [6, 6.07) is 18.0. The topological polar surface area (TPSA) is 65.8 Å². The lowest BCUT2D eigenvalue weighted by Crippen LogP contribution is -2.37. The van der Waals surface area contributed by atoms with Crippen LogP contribution in [0.5, 0.6) is 0 Å². The van der Waals surface area contributed by atoms with Crippen molar-refractivity contribution >= 4 is 22.4 Å². The second kappa shape index (κ2) is 6.40. The van der Waals surface area contributed by atoms with Gasteiger partial charge >= 0.3 is 0 Å². The Hall–Kier alpha value is -2.97. The number of nitriles is 1. The quantitative estimate of drug-likeness (QED) is 0.756. The number of hydrogen-bond donors (Lipinski definition) is 1. The molecule has 1 aromatic heterocycles. The molecule has 1 aliphatic carbocycles. The lowest BCUT2D eigenvalue weighted by atomic mass is 9.73. The third kappa shape index (κ3) is 2.69. The first-order valence-electron chi connectivity index (χ1n) is 8.40. The number of nitrogens with zero attached hydrogens (tertiary/aromatic N) is 2. The zero-order chi connectivity index (χ0) is 18.1. The zero-order valence-corrected chi connectivity index (χ0v) is 15.1. The van der Waals surface area contributed by atoms with Gasteiger partial charge in [0, 0.05) is 17.5 Å². The molecule has 1 aliphatic rings. The largest absolute Gasteiger partial charge is 0.301 e. The molecule has 0 spiro atoms. The molecule has 0 bridgehead atoms. The molecule has 5 heteroatoms. The molecule has 4 nitrogen and oxygen atoms in total. The smallest absolute Gasteiger partial charge is 0.233 e. The monoisotopic (exact) mass is 359 g/mol. The van der Waals surface area contributed by atoms with E-state index in [4.69, 9.17) is 0 Å². The number of anilines is 1. The minimum Gasteiger partial charge on any atom is -0.301 e. The summed E-state index contributed by atoms with van der Waals surface area (Å²) in [7, 11) is 0. The van der Waals surface area contributed by atoms with Gasteiger partial charge in [-0.25, -0.2) is 4.98 Å². The third-order valence-corrected chi connectivity index (χ3v) is 5.77. The molecule has 0 unspecified atom stereocenters. The molecular weight excluding hydrogens is 342 g/mol. The van der Waals surface area contributed by atoms with Crippen molar-refractivity contribution in [3.05, 3.63) is 82.4 Å². The number of fused-ring (bicyclic) bond motifs is 1. The Morgan fingerprint density at radius 3 is 2.81 bits per heavy atom. The summed E-state index contributed by atoms with van der Waals surface area (Å²) in [5.41, 5.74) is 3.23. The predicted octanol–water partition coefficient (Wildman–Crippen LogP) is 4.35. The van der Waals surface area contributed by atoms with E-state index >= 15 is 0 Å². The highest BCUT2D eigenvalue weighted by Crippen LogP contribution is 2.51. The summed E-state index contributed by atoms with van der Waals surface area (Å²) in [5.74, 6) is -0.150. The maximum atomic E-state index is 13.2. The van der Waals surface area contributed by atoms with Crippen molar-refractivity contribution in [1.29, 1.82) is 5.26 Å². The molecule has 1 amide bonds. The van der Waals surface area contributed by atoms with E-state index in [2.05, 4.69) is 16.4 Å². The van der Waals surface area contributed by atoms with Crippen LogP contribution < -0.4 is 5.32 Å². The van der Waals surface area contributed by atoms with Gasteiger partial charge in [-0.3, -0.25) is 4.79 Å². The molecule has 1 heterocycles. The molecule has 2 aromatic carbocycles. The first-order valence-corrected chi connectivity index (χ1v) is 9.28. The van der Waals surface area contributed by atoms with Crippen LogP contribution in [0.3, 0.4) is 0 Å². The minimum absolute atomic E-state index is 0.0454. The van der Waals surface area contributed by atoms with Gasteiger partial charge in [-0.05, 0) is 42.2 Å². The average molecular weight is 359 g/mol. The molecule has 0 radical (unpaired) electrons. The lowest BCUT2D eigenvalue weighted by molar-refractivity contribution is -0.125. The van der Waals surface area contributed by atoms with Crippen molar-refractivity contribution in [3.63, 3.8) is 0 Å². The standard InChI is InChI=1S/C21H17N3OS/c1-21(19(25)24-20-23-9-10-26-20)12-16-8-7-14(13-22)11-17(16)18(21)15-5-3-2-4-6-15/h2-11,18H,12H2,1H3,(H,23,24,25)/t18-,21+/m1/s1. The maximum absolute atomic E-state index is 13.2. The van der Waals surface area contributed by atoms with Gasteiger partial charge in [0.05, 0.1) is 17.0 Å². The normalized spacial score (nSPS) is 21.0. The van der Waals surface area contributed by atoms with Gasteiger partial charge in [-0.2, -0.15) is 5.26 Å². The Labute approximate surface area is 156 Å². The van der Waals surface area contributed by atoms with Crippen molar-refractivity contribution in [3.8, 4) is 6.07 Å². The first-order chi connectivity index (χ1) is 12.6. The minimum atomic E-state index is -0.649. The van der Waals surface area contributed by atoms with Crippen molar-refractivity contribution in [2.45, 2.75) is 19.3 Å².